The topological polar surface area (TPSA) is 87.2 Å². The van der Waals surface area contributed by atoms with Crippen molar-refractivity contribution in [2.45, 2.75) is 20.4 Å². The van der Waals surface area contributed by atoms with E-state index in [-0.39, 0.29) is 5.56 Å². The third-order valence-electron chi connectivity index (χ3n) is 5.55. The average molecular weight is 426 g/mol. The number of rotatable bonds is 5. The number of aromatic nitrogens is 5. The lowest BCUT2D eigenvalue weighted by Gasteiger charge is -2.08. The lowest BCUT2D eigenvalue weighted by Crippen LogP contribution is -2.25. The minimum Gasteiger partial charge on any atom is -0.383 e. The zero-order valence-corrected chi connectivity index (χ0v) is 18.1. The Bertz CT molecular complexity index is 1560. The van der Waals surface area contributed by atoms with Crippen LogP contribution in [0.1, 0.15) is 17.0 Å². The molecule has 0 unspecified atom stereocenters. The molecule has 0 amide bonds. The average Bonchev–Trinajstić information content (AvgIpc) is 3.09. The second-order valence-corrected chi connectivity index (χ2v) is 7.60. The van der Waals surface area contributed by atoms with Crippen LogP contribution >= 0.6 is 0 Å². The number of methoxy groups -OCH3 is 1. The Hall–Kier alpha value is -3.91. The van der Waals surface area contributed by atoms with Crippen molar-refractivity contribution in [2.24, 2.45) is 5.10 Å². The Kier molecular flexibility index (Phi) is 4.99. The van der Waals surface area contributed by atoms with Gasteiger partial charge >= 0.3 is 0 Å². The highest BCUT2D eigenvalue weighted by molar-refractivity contribution is 6.05. The highest BCUT2D eigenvalue weighted by Gasteiger charge is 2.21. The zero-order chi connectivity index (χ0) is 22.2. The molecule has 3 heterocycles. The maximum atomic E-state index is 13.5. The fourth-order valence-electron chi connectivity index (χ4n) is 3.82. The molecular weight excluding hydrogens is 404 g/mol. The highest BCUT2D eigenvalue weighted by atomic mass is 16.5. The van der Waals surface area contributed by atoms with Crippen LogP contribution in [-0.2, 0) is 11.3 Å². The molecule has 0 saturated heterocycles. The standard InChI is InChI=1S/C24H22N6O2/c1-15-8-4-5-9-17(15)14-25-30-22-20(24(31)29(12-13-32-3)16(2)26-22)21-23(30)28-19-11-7-6-10-18(19)27-21/h4-11,14H,12-13H2,1-3H3. The fraction of sp³-hybridized carbons (Fsp3) is 0.208. The quantitative estimate of drug-likeness (QED) is 0.402. The number of nitrogens with zero attached hydrogens (tertiary/aromatic N) is 6. The zero-order valence-electron chi connectivity index (χ0n) is 18.1. The second kappa shape index (κ2) is 7.97. The first-order valence-electron chi connectivity index (χ1n) is 10.4. The molecule has 5 aromatic rings. The van der Waals surface area contributed by atoms with Gasteiger partial charge in [0, 0.05) is 7.11 Å². The van der Waals surface area contributed by atoms with Gasteiger partial charge in [-0.1, -0.05) is 36.4 Å². The summed E-state index contributed by atoms with van der Waals surface area (Å²) in [5.41, 5.74) is 4.76. The number of benzene rings is 2. The summed E-state index contributed by atoms with van der Waals surface area (Å²) in [6.45, 7) is 4.65. The molecule has 5 rings (SSSR count). The smallest absolute Gasteiger partial charge is 0.265 e. The van der Waals surface area contributed by atoms with Crippen LogP contribution in [0.25, 0.3) is 33.2 Å². The van der Waals surface area contributed by atoms with Crippen molar-refractivity contribution in [1.29, 1.82) is 0 Å². The van der Waals surface area contributed by atoms with Crippen LogP contribution in [0, 0.1) is 13.8 Å². The van der Waals surface area contributed by atoms with Crippen molar-refractivity contribution in [3.8, 4) is 0 Å². The van der Waals surface area contributed by atoms with Crippen LogP contribution in [0.5, 0.6) is 0 Å². The number of ether oxygens (including phenoxy) is 1. The number of fused-ring (bicyclic) bond motifs is 4. The van der Waals surface area contributed by atoms with E-state index in [9.17, 15) is 4.79 Å². The van der Waals surface area contributed by atoms with Crippen molar-refractivity contribution in [2.75, 3.05) is 13.7 Å². The summed E-state index contributed by atoms with van der Waals surface area (Å²) in [6.07, 6.45) is 1.76. The van der Waals surface area contributed by atoms with Crippen molar-refractivity contribution in [3.05, 3.63) is 75.8 Å². The molecule has 8 heteroatoms. The van der Waals surface area contributed by atoms with Crippen molar-refractivity contribution < 1.29 is 4.74 Å². The molecule has 0 N–H and O–H groups in total. The maximum Gasteiger partial charge on any atom is 0.265 e. The van der Waals surface area contributed by atoms with Gasteiger partial charge in [0.25, 0.3) is 5.56 Å². The van der Waals surface area contributed by atoms with Crippen LogP contribution < -0.4 is 5.56 Å². The molecule has 32 heavy (non-hydrogen) atoms. The van der Waals surface area contributed by atoms with Gasteiger partial charge in [0.1, 0.15) is 16.7 Å². The lowest BCUT2D eigenvalue weighted by molar-refractivity contribution is 0.185. The molecule has 0 saturated carbocycles. The predicted molar refractivity (Wildman–Crippen MR) is 125 cm³/mol. The van der Waals surface area contributed by atoms with Crippen LogP contribution in [0.2, 0.25) is 0 Å². The van der Waals surface area contributed by atoms with E-state index in [2.05, 4.69) is 5.10 Å². The van der Waals surface area contributed by atoms with E-state index < -0.39 is 0 Å². The normalized spacial score (nSPS) is 12.0. The largest absolute Gasteiger partial charge is 0.383 e. The van der Waals surface area contributed by atoms with E-state index in [1.54, 1.807) is 29.5 Å². The van der Waals surface area contributed by atoms with Crippen molar-refractivity contribution in [3.63, 3.8) is 0 Å². The number of hydrogen-bond donors (Lipinski definition) is 0. The Morgan fingerprint density at radius 2 is 1.69 bits per heavy atom. The molecule has 0 spiro atoms. The van der Waals surface area contributed by atoms with Crippen LogP contribution in [-0.4, -0.2) is 44.1 Å². The number of aryl methyl sites for hydroxylation is 2. The van der Waals surface area contributed by atoms with Gasteiger partial charge in [0.05, 0.1) is 30.4 Å². The molecule has 160 valence electrons. The Labute approximate surface area is 183 Å². The van der Waals surface area contributed by atoms with Gasteiger partial charge in [-0.3, -0.25) is 9.36 Å². The number of para-hydroxylation sites is 2. The molecule has 0 aliphatic carbocycles. The molecule has 0 fully saturated rings. The molecule has 8 nitrogen and oxygen atoms in total. The first kappa shape index (κ1) is 20.0. The van der Waals surface area contributed by atoms with Gasteiger partial charge in [0.2, 0.25) is 0 Å². The highest BCUT2D eigenvalue weighted by Crippen LogP contribution is 2.25. The third kappa shape index (κ3) is 3.25. The summed E-state index contributed by atoms with van der Waals surface area (Å²) in [4.78, 5) is 27.8. The van der Waals surface area contributed by atoms with Crippen LogP contribution in [0.3, 0.4) is 0 Å². The Morgan fingerprint density at radius 3 is 2.44 bits per heavy atom. The fourth-order valence-corrected chi connectivity index (χ4v) is 3.82. The number of hydrogen-bond acceptors (Lipinski definition) is 6. The van der Waals surface area contributed by atoms with E-state index in [0.29, 0.717) is 46.7 Å². The van der Waals surface area contributed by atoms with Crippen LogP contribution in [0.4, 0.5) is 0 Å². The maximum absolute atomic E-state index is 13.5. The molecule has 0 radical (unpaired) electrons. The molecule has 0 aliphatic heterocycles. The van der Waals surface area contributed by atoms with E-state index >= 15 is 0 Å². The Balaban J connectivity index is 1.85. The molecule has 2 aromatic carbocycles. The summed E-state index contributed by atoms with van der Waals surface area (Å²) in [5, 5.41) is 5.09. The summed E-state index contributed by atoms with van der Waals surface area (Å²) in [5.74, 6) is 0.583. The van der Waals surface area contributed by atoms with Gasteiger partial charge in [-0.2, -0.15) is 9.78 Å². The third-order valence-corrected chi connectivity index (χ3v) is 5.55. The van der Waals surface area contributed by atoms with E-state index in [4.69, 9.17) is 19.7 Å². The SMILES string of the molecule is COCCn1c(C)nc2c(c1=O)c1nc3ccccc3nc1n2N=Cc1ccccc1C. The van der Waals surface area contributed by atoms with Crippen LogP contribution in [0.15, 0.2) is 58.4 Å². The first-order valence-corrected chi connectivity index (χ1v) is 10.4. The first-order chi connectivity index (χ1) is 15.6. The van der Waals surface area contributed by atoms with E-state index in [0.717, 1.165) is 16.6 Å². The van der Waals surface area contributed by atoms with E-state index in [1.165, 1.54) is 0 Å². The summed E-state index contributed by atoms with van der Waals surface area (Å²) in [7, 11) is 1.61. The molecule has 0 atom stereocenters. The molecule has 0 bridgehead atoms. The summed E-state index contributed by atoms with van der Waals surface area (Å²) in [6, 6.07) is 15.5. The minimum atomic E-state index is -0.177. The monoisotopic (exact) mass is 426 g/mol. The summed E-state index contributed by atoms with van der Waals surface area (Å²) >= 11 is 0. The molecule has 3 aromatic heterocycles. The van der Waals surface area contributed by atoms with Gasteiger partial charge in [-0.25, -0.2) is 15.0 Å². The van der Waals surface area contributed by atoms with E-state index in [1.807, 2.05) is 55.5 Å². The molecular formula is C24H22N6O2. The van der Waals surface area contributed by atoms with Crippen molar-refractivity contribution in [1.82, 2.24) is 24.2 Å². The Morgan fingerprint density at radius 1 is 0.969 bits per heavy atom. The summed E-state index contributed by atoms with van der Waals surface area (Å²) < 4.78 is 8.40. The minimum absolute atomic E-state index is 0.177. The van der Waals surface area contributed by atoms with Gasteiger partial charge < -0.3 is 4.74 Å². The predicted octanol–water partition coefficient (Wildman–Crippen LogP) is 3.44. The van der Waals surface area contributed by atoms with Gasteiger partial charge in [-0.15, -0.1) is 0 Å². The van der Waals surface area contributed by atoms with Gasteiger partial charge in [0.15, 0.2) is 11.3 Å². The second-order valence-electron chi connectivity index (χ2n) is 7.60. The lowest BCUT2D eigenvalue weighted by atomic mass is 10.1. The van der Waals surface area contributed by atoms with Gasteiger partial charge in [-0.05, 0) is 37.1 Å². The molecule has 0 aliphatic rings. The van der Waals surface area contributed by atoms with Crippen molar-refractivity contribution >= 4 is 39.4 Å².